The number of amides is 1. The number of alkyl halides is 4. The molecule has 10 heteroatoms. The minimum atomic E-state index is -3.03. The average molecular weight is 502 g/mol. The van der Waals surface area contributed by atoms with E-state index >= 15 is 17.6 Å². The molecule has 0 aromatic heterocycles. The maximum Gasteiger partial charge on any atom is 0.250 e. The second-order valence-corrected chi connectivity index (χ2v) is 12.6. The number of ether oxygens (including phenoxy) is 1. The summed E-state index contributed by atoms with van der Waals surface area (Å²) in [5.41, 5.74) is -6.89. The van der Waals surface area contributed by atoms with Crippen LogP contribution in [0.2, 0.25) is 0 Å². The van der Waals surface area contributed by atoms with E-state index in [4.69, 9.17) is 4.74 Å². The molecular weight excluding hydrogens is 474 g/mol. The second kappa shape index (κ2) is 7.11. The molecule has 5 nitrogen and oxygen atoms in total. The zero-order chi connectivity index (χ0) is 24.1. The van der Waals surface area contributed by atoms with Crippen LogP contribution in [0.15, 0.2) is 23.0 Å². The lowest BCUT2D eigenvalue weighted by molar-refractivity contribution is -0.225. The Morgan fingerprint density at radius 2 is 1.53 bits per heavy atom. The maximum atomic E-state index is 15.4. The third-order valence-electron chi connectivity index (χ3n) is 8.17. The number of rotatable bonds is 6. The van der Waals surface area contributed by atoms with E-state index < -0.39 is 49.7 Å². The predicted molar refractivity (Wildman–Crippen MR) is 115 cm³/mol. The number of halogens is 4. The largest absolute Gasteiger partial charge is 0.491 e. The fourth-order valence-electron chi connectivity index (χ4n) is 7.24. The molecule has 0 heterocycles. The van der Waals surface area contributed by atoms with E-state index in [2.05, 4.69) is 5.32 Å². The van der Waals surface area contributed by atoms with Gasteiger partial charge in [0, 0.05) is 30.7 Å². The minimum absolute atomic E-state index is 0.0297. The van der Waals surface area contributed by atoms with Crippen LogP contribution in [-0.4, -0.2) is 55.0 Å². The molecule has 1 N–H and O–H groups in total. The summed E-state index contributed by atoms with van der Waals surface area (Å²) in [7, 11) is -3.03. The van der Waals surface area contributed by atoms with E-state index in [9.17, 15) is 13.2 Å². The molecule has 1 amide bonds. The Hall–Kier alpha value is -1.84. The van der Waals surface area contributed by atoms with Gasteiger partial charge in [-0.1, -0.05) is 0 Å². The van der Waals surface area contributed by atoms with Crippen molar-refractivity contribution < 1.29 is 35.5 Å². The molecule has 0 aromatic carbocycles. The van der Waals surface area contributed by atoms with Crippen molar-refractivity contribution in [3.63, 3.8) is 0 Å². The van der Waals surface area contributed by atoms with Gasteiger partial charge in [-0.3, -0.25) is 4.79 Å². The first kappa shape index (κ1) is 22.6. The molecule has 1 unspecified atom stereocenters. The number of nitrogens with one attached hydrogen (secondary N) is 1. The Morgan fingerprint density at radius 1 is 0.971 bits per heavy atom. The molecule has 34 heavy (non-hydrogen) atoms. The summed E-state index contributed by atoms with van der Waals surface area (Å²) in [4.78, 5) is 11.9. The Labute approximate surface area is 196 Å². The maximum absolute atomic E-state index is 15.4. The summed E-state index contributed by atoms with van der Waals surface area (Å²) in [5, 5.41) is 2.69. The molecule has 7 aliphatic rings. The Bertz CT molecular complexity index is 1110. The van der Waals surface area contributed by atoms with Crippen LogP contribution in [0.5, 0.6) is 0 Å². The molecule has 0 saturated heterocycles. The van der Waals surface area contributed by atoms with E-state index in [1.54, 1.807) is 0 Å². The lowest BCUT2D eigenvalue weighted by Gasteiger charge is -2.62. The van der Waals surface area contributed by atoms with E-state index in [0.29, 0.717) is 5.57 Å². The van der Waals surface area contributed by atoms with Crippen molar-refractivity contribution in [3.8, 4) is 0 Å². The fourth-order valence-corrected chi connectivity index (χ4v) is 7.87. The number of hydrogen-bond acceptors (Lipinski definition) is 4. The van der Waals surface area contributed by atoms with Crippen molar-refractivity contribution in [3.05, 3.63) is 23.0 Å². The average Bonchev–Trinajstić information content (AvgIpc) is 3.56. The van der Waals surface area contributed by atoms with Gasteiger partial charge in [-0.25, -0.2) is 17.6 Å². The highest BCUT2D eigenvalue weighted by atomic mass is 32.2. The Morgan fingerprint density at radius 3 is 2.00 bits per heavy atom. The molecule has 186 valence electrons. The Kier molecular flexibility index (Phi) is 4.73. The molecular formula is C24H27F4NO4S. The second-order valence-electron chi connectivity index (χ2n) is 11.7. The van der Waals surface area contributed by atoms with Gasteiger partial charge >= 0.3 is 0 Å². The third kappa shape index (κ3) is 3.80. The third-order valence-corrected chi connectivity index (χ3v) is 8.92. The van der Waals surface area contributed by atoms with Crippen molar-refractivity contribution in [2.45, 2.75) is 93.4 Å². The highest BCUT2D eigenvalue weighted by Gasteiger charge is 2.70. The van der Waals surface area contributed by atoms with E-state index in [0.717, 1.165) is 25.7 Å². The molecule has 0 aliphatic heterocycles. The minimum Gasteiger partial charge on any atom is -0.491 e. The summed E-state index contributed by atoms with van der Waals surface area (Å²) in [6.07, 6.45) is 1.01. The van der Waals surface area contributed by atoms with Gasteiger partial charge in [0.2, 0.25) is 10.3 Å². The number of carbonyl (C=O) groups is 1. The first-order valence-electron chi connectivity index (χ1n) is 12.0. The molecule has 4 bridgehead atoms. The molecule has 7 rings (SSSR count). The molecule has 0 radical (unpaired) electrons. The van der Waals surface area contributed by atoms with Crippen molar-refractivity contribution >= 4 is 21.1 Å². The van der Waals surface area contributed by atoms with Crippen LogP contribution >= 0.6 is 0 Å². The van der Waals surface area contributed by atoms with Crippen LogP contribution in [0.1, 0.15) is 64.2 Å². The van der Waals surface area contributed by atoms with Gasteiger partial charge in [-0.15, -0.1) is 0 Å². The fraction of sp³-hybridized carbons (Fsp3) is 0.750. The molecule has 1 atom stereocenters. The predicted octanol–water partition coefficient (Wildman–Crippen LogP) is 3.77. The highest BCUT2D eigenvalue weighted by Crippen LogP contribution is 2.68. The van der Waals surface area contributed by atoms with Crippen molar-refractivity contribution in [1.82, 2.24) is 5.32 Å². The lowest BCUT2D eigenvalue weighted by atomic mass is 9.46. The molecule has 6 fully saturated rings. The SMILES string of the molecule is O=C(NC1CC1)C1=CC(C2CC2)=C(OCC23CC4(F)CC(F)(CC(F)(C4)C2)C3)C(=S(=O)=O)C1F. The molecule has 7 aliphatic carbocycles. The van der Waals surface area contributed by atoms with Gasteiger partial charge in [-0.2, -0.15) is 8.42 Å². The molecule has 0 aromatic rings. The summed E-state index contributed by atoms with van der Waals surface area (Å²) in [6, 6.07) is -0.0297. The number of carbonyl (C=O) groups excluding carboxylic acids is 1. The van der Waals surface area contributed by atoms with Crippen molar-refractivity contribution in [2.24, 2.45) is 11.3 Å². The van der Waals surface area contributed by atoms with E-state index in [-0.39, 0.29) is 68.4 Å². The monoisotopic (exact) mass is 501 g/mol. The van der Waals surface area contributed by atoms with E-state index in [1.165, 1.54) is 6.08 Å². The summed E-state index contributed by atoms with van der Waals surface area (Å²) in [6.45, 7) is -0.299. The summed E-state index contributed by atoms with van der Waals surface area (Å²) < 4.78 is 91.6. The molecule has 6 saturated carbocycles. The van der Waals surface area contributed by atoms with Crippen LogP contribution in [0.25, 0.3) is 0 Å². The standard InChI is InChI=1S/C24H27F4NO4S/c25-17-16(20(30)29-14-3-4-14)5-15(13-1-2-13)18(19(17)34(31)32)33-12-21-6-22(26)9-23(27,7-21)11-24(28,8-21)10-22/h5,13-14,17H,1-4,6-12H2,(H,29,30). The Balaban J connectivity index is 1.34. The zero-order valence-corrected chi connectivity index (χ0v) is 19.5. The molecule has 0 spiro atoms. The normalized spacial score (nSPS) is 43.1. The first-order valence-corrected chi connectivity index (χ1v) is 13.1. The van der Waals surface area contributed by atoms with Gasteiger partial charge < -0.3 is 10.1 Å². The van der Waals surface area contributed by atoms with Crippen LogP contribution in [0.4, 0.5) is 17.6 Å². The van der Waals surface area contributed by atoms with Gasteiger partial charge in [0.1, 0.15) is 22.8 Å². The topological polar surface area (TPSA) is 72.5 Å². The smallest absolute Gasteiger partial charge is 0.250 e. The van der Waals surface area contributed by atoms with Crippen LogP contribution in [0.3, 0.4) is 0 Å². The van der Waals surface area contributed by atoms with Gasteiger partial charge in [0.05, 0.1) is 12.2 Å². The van der Waals surface area contributed by atoms with Crippen molar-refractivity contribution in [2.75, 3.05) is 6.61 Å². The van der Waals surface area contributed by atoms with Gasteiger partial charge in [0.15, 0.2) is 11.0 Å². The quantitative estimate of drug-likeness (QED) is 0.444. The van der Waals surface area contributed by atoms with Crippen LogP contribution < -0.4 is 5.32 Å². The highest BCUT2D eigenvalue weighted by molar-refractivity contribution is 7.73. The lowest BCUT2D eigenvalue weighted by Crippen LogP contribution is -2.66. The van der Waals surface area contributed by atoms with Crippen molar-refractivity contribution in [1.29, 1.82) is 0 Å². The van der Waals surface area contributed by atoms with Crippen LogP contribution in [0, 0.1) is 11.3 Å². The first-order chi connectivity index (χ1) is 15.9. The van der Waals surface area contributed by atoms with Crippen LogP contribution in [-0.2, 0) is 19.8 Å². The van der Waals surface area contributed by atoms with Gasteiger partial charge in [0.25, 0.3) is 5.91 Å². The summed E-state index contributed by atoms with van der Waals surface area (Å²) >= 11 is 0. The van der Waals surface area contributed by atoms with E-state index in [1.807, 2.05) is 0 Å². The number of hydrogen-bond donors (Lipinski definition) is 1. The number of allylic oxidation sites excluding steroid dienone is 3. The van der Waals surface area contributed by atoms with Gasteiger partial charge in [-0.05, 0) is 62.5 Å². The zero-order valence-electron chi connectivity index (χ0n) is 18.6. The summed E-state index contributed by atoms with van der Waals surface area (Å²) in [5.74, 6) is -0.918.